The number of carbonyl (C=O) groups excluding carboxylic acids is 1. The van der Waals surface area contributed by atoms with Gasteiger partial charge in [0.25, 0.3) is 0 Å². The predicted octanol–water partition coefficient (Wildman–Crippen LogP) is 0.102. The molecule has 7 heavy (non-hydrogen) atoms. The largest absolute Gasteiger partial charge is 0.330 e. The fraction of sp³-hybridized carbons (Fsp3) is 0.667. The highest BCUT2D eigenvalue weighted by Gasteiger charge is 1.94. The predicted molar refractivity (Wildman–Crippen MR) is 31.2 cm³/mol. The number of rotatable bonds is 0. The molecule has 0 aliphatic carbocycles. The number of nitrogens with zero attached hydrogens (tertiary/aromatic N) is 1. The van der Waals surface area contributed by atoms with E-state index < -0.39 is 0 Å². The summed E-state index contributed by atoms with van der Waals surface area (Å²) in [6, 6.07) is -0.205. The Bertz CT molecular complexity index is 73.3. The standard InChI is InChI=1S/C3H8N2OS/c1-5(2)3(6)4-7/h7H,1-2H3,(H,4,6). The van der Waals surface area contributed by atoms with Crippen molar-refractivity contribution < 1.29 is 4.79 Å². The van der Waals surface area contributed by atoms with Crippen LogP contribution in [0.4, 0.5) is 4.79 Å². The van der Waals surface area contributed by atoms with E-state index >= 15 is 0 Å². The van der Waals surface area contributed by atoms with Crippen LogP contribution >= 0.6 is 12.8 Å². The molecule has 3 nitrogen and oxygen atoms in total. The lowest BCUT2D eigenvalue weighted by Crippen LogP contribution is -2.28. The number of nitrogens with one attached hydrogen (secondary N) is 1. The zero-order valence-electron chi connectivity index (χ0n) is 4.30. The number of carbonyl (C=O) groups is 1. The molecular weight excluding hydrogens is 112 g/mol. The Morgan fingerprint density at radius 2 is 2.14 bits per heavy atom. The van der Waals surface area contributed by atoms with Gasteiger partial charge in [0.15, 0.2) is 0 Å². The first-order chi connectivity index (χ1) is 3.18. The van der Waals surface area contributed by atoms with E-state index in [9.17, 15) is 4.79 Å². The minimum atomic E-state index is -0.205. The van der Waals surface area contributed by atoms with E-state index in [0.717, 1.165) is 0 Å². The maximum Gasteiger partial charge on any atom is 0.326 e. The summed E-state index contributed by atoms with van der Waals surface area (Å²) in [4.78, 5) is 11.6. The maximum absolute atomic E-state index is 10.2. The van der Waals surface area contributed by atoms with Crippen molar-refractivity contribution in [3.05, 3.63) is 0 Å². The average Bonchev–Trinajstić information content (AvgIpc) is 1.65. The molecule has 0 unspecified atom stereocenters. The number of amides is 2. The van der Waals surface area contributed by atoms with Gasteiger partial charge in [-0.3, -0.25) is 4.72 Å². The summed E-state index contributed by atoms with van der Waals surface area (Å²) in [5, 5.41) is 0. The Hall–Kier alpha value is -0.380. The Kier molecular flexibility index (Phi) is 2.59. The Balaban J connectivity index is 3.35. The molecule has 42 valence electrons. The van der Waals surface area contributed by atoms with E-state index in [4.69, 9.17) is 0 Å². The monoisotopic (exact) mass is 120 g/mol. The molecule has 4 heteroatoms. The third-order valence-electron chi connectivity index (χ3n) is 0.502. The molecule has 0 aromatic rings. The van der Waals surface area contributed by atoms with E-state index in [0.29, 0.717) is 0 Å². The molecule has 0 saturated carbocycles. The van der Waals surface area contributed by atoms with Crippen LogP contribution in [0.25, 0.3) is 0 Å². The smallest absolute Gasteiger partial charge is 0.326 e. The lowest BCUT2D eigenvalue weighted by Gasteiger charge is -2.06. The van der Waals surface area contributed by atoms with Crippen molar-refractivity contribution in [3.8, 4) is 0 Å². The summed E-state index contributed by atoms with van der Waals surface area (Å²) in [6.45, 7) is 0. The molecule has 0 heterocycles. The van der Waals surface area contributed by atoms with Gasteiger partial charge in [-0.2, -0.15) is 0 Å². The molecule has 0 atom stereocenters. The van der Waals surface area contributed by atoms with Crippen molar-refractivity contribution in [1.82, 2.24) is 9.62 Å². The summed E-state index contributed by atoms with van der Waals surface area (Å²) in [6.07, 6.45) is 0. The molecule has 0 aromatic heterocycles. The van der Waals surface area contributed by atoms with E-state index in [1.165, 1.54) is 4.90 Å². The van der Waals surface area contributed by atoms with Crippen LogP contribution in [0.3, 0.4) is 0 Å². The third-order valence-corrected chi connectivity index (χ3v) is 0.693. The minimum Gasteiger partial charge on any atom is -0.330 e. The Morgan fingerprint density at radius 1 is 1.71 bits per heavy atom. The summed E-state index contributed by atoms with van der Waals surface area (Å²) < 4.78 is 2.15. The van der Waals surface area contributed by atoms with E-state index in [2.05, 4.69) is 17.5 Å². The van der Waals surface area contributed by atoms with Crippen LogP contribution in [0.5, 0.6) is 0 Å². The van der Waals surface area contributed by atoms with Gasteiger partial charge in [0.05, 0.1) is 0 Å². The summed E-state index contributed by atoms with van der Waals surface area (Å²) in [5.74, 6) is 0. The van der Waals surface area contributed by atoms with Crippen LogP contribution in [0.15, 0.2) is 0 Å². The molecule has 0 aromatic carbocycles. The van der Waals surface area contributed by atoms with Crippen LogP contribution in [-0.2, 0) is 0 Å². The highest BCUT2D eigenvalue weighted by molar-refractivity contribution is 7.78. The second-order valence-electron chi connectivity index (χ2n) is 1.31. The summed E-state index contributed by atoms with van der Waals surface area (Å²) in [7, 11) is 3.29. The topological polar surface area (TPSA) is 32.3 Å². The fourth-order valence-electron chi connectivity index (χ4n) is 0.100. The lowest BCUT2D eigenvalue weighted by molar-refractivity contribution is 0.224. The lowest BCUT2D eigenvalue weighted by atomic mass is 10.9. The van der Waals surface area contributed by atoms with Crippen LogP contribution in [0, 0.1) is 0 Å². The maximum atomic E-state index is 10.2. The van der Waals surface area contributed by atoms with Crippen molar-refractivity contribution in [1.29, 1.82) is 0 Å². The van der Waals surface area contributed by atoms with Crippen molar-refractivity contribution in [3.63, 3.8) is 0 Å². The Labute approximate surface area is 48.2 Å². The molecular formula is C3H8N2OS. The molecule has 0 rings (SSSR count). The average molecular weight is 120 g/mol. The number of hydrogen-bond donors (Lipinski definition) is 2. The molecule has 0 aliphatic rings. The Morgan fingerprint density at radius 3 is 2.14 bits per heavy atom. The van der Waals surface area contributed by atoms with Gasteiger partial charge in [-0.1, -0.05) is 12.8 Å². The van der Waals surface area contributed by atoms with Gasteiger partial charge in [0.1, 0.15) is 0 Å². The fourth-order valence-corrected chi connectivity index (χ4v) is 0.300. The summed E-state index contributed by atoms with van der Waals surface area (Å²) >= 11 is 3.51. The van der Waals surface area contributed by atoms with Gasteiger partial charge >= 0.3 is 6.03 Å². The summed E-state index contributed by atoms with van der Waals surface area (Å²) in [5.41, 5.74) is 0. The van der Waals surface area contributed by atoms with Crippen molar-refractivity contribution in [2.45, 2.75) is 0 Å². The van der Waals surface area contributed by atoms with Gasteiger partial charge in [-0.15, -0.1) is 0 Å². The zero-order valence-corrected chi connectivity index (χ0v) is 5.20. The van der Waals surface area contributed by atoms with Gasteiger partial charge in [-0.25, -0.2) is 4.79 Å². The van der Waals surface area contributed by atoms with E-state index in [1.807, 2.05) is 0 Å². The molecule has 0 aliphatic heterocycles. The molecule has 0 fully saturated rings. The molecule has 0 bridgehead atoms. The highest BCUT2D eigenvalue weighted by Crippen LogP contribution is 1.74. The molecule has 0 spiro atoms. The van der Waals surface area contributed by atoms with Crippen LogP contribution in [-0.4, -0.2) is 25.0 Å². The van der Waals surface area contributed by atoms with Crippen LogP contribution in [0.1, 0.15) is 0 Å². The minimum absolute atomic E-state index is 0.205. The van der Waals surface area contributed by atoms with Crippen molar-refractivity contribution >= 4 is 18.8 Å². The van der Waals surface area contributed by atoms with Gasteiger partial charge in [0, 0.05) is 14.1 Å². The normalized spacial score (nSPS) is 7.86. The first-order valence-electron chi connectivity index (χ1n) is 1.80. The SMILES string of the molecule is CN(C)C(=O)NS. The zero-order chi connectivity index (χ0) is 5.86. The van der Waals surface area contributed by atoms with Gasteiger partial charge < -0.3 is 4.90 Å². The molecule has 0 radical (unpaired) electrons. The van der Waals surface area contributed by atoms with Crippen LogP contribution < -0.4 is 4.72 Å². The van der Waals surface area contributed by atoms with Crippen molar-refractivity contribution in [2.75, 3.05) is 14.1 Å². The van der Waals surface area contributed by atoms with Crippen LogP contribution in [0.2, 0.25) is 0 Å². The van der Waals surface area contributed by atoms with Crippen molar-refractivity contribution in [2.24, 2.45) is 0 Å². The number of thiol groups is 1. The molecule has 2 amide bonds. The first kappa shape index (κ1) is 6.62. The first-order valence-corrected chi connectivity index (χ1v) is 2.24. The number of urea groups is 1. The quantitative estimate of drug-likeness (QED) is 0.437. The molecule has 0 saturated heterocycles. The van der Waals surface area contributed by atoms with Gasteiger partial charge in [-0.05, 0) is 0 Å². The second kappa shape index (κ2) is 2.74. The van der Waals surface area contributed by atoms with E-state index in [1.54, 1.807) is 14.1 Å². The number of hydrogen-bond acceptors (Lipinski definition) is 2. The van der Waals surface area contributed by atoms with Gasteiger partial charge in [0.2, 0.25) is 0 Å². The highest BCUT2D eigenvalue weighted by atomic mass is 32.1. The second-order valence-corrected chi connectivity index (χ2v) is 1.53. The third kappa shape index (κ3) is 2.33. The van der Waals surface area contributed by atoms with E-state index in [-0.39, 0.29) is 6.03 Å². The molecule has 1 N–H and O–H groups in total.